The van der Waals surface area contributed by atoms with Gasteiger partial charge >= 0.3 is 0 Å². The van der Waals surface area contributed by atoms with Gasteiger partial charge in [-0.25, -0.2) is 0 Å². The molecule has 0 saturated carbocycles. The van der Waals surface area contributed by atoms with E-state index in [1.165, 1.54) is 0 Å². The largest absolute Gasteiger partial charge is 0.180 e. The van der Waals surface area contributed by atoms with E-state index in [1.54, 1.807) is 0 Å². The molecule has 0 aliphatic carbocycles. The van der Waals surface area contributed by atoms with Crippen molar-refractivity contribution in [2.45, 2.75) is 4.30 Å². The van der Waals surface area contributed by atoms with Crippen LogP contribution in [-0.4, -0.2) is 10.2 Å². The Morgan fingerprint density at radius 1 is 1.00 bits per heavy atom. The first-order valence-corrected chi connectivity index (χ1v) is 5.07. The summed E-state index contributed by atoms with van der Waals surface area (Å²) in [5.41, 5.74) is 0. The lowest BCUT2D eigenvalue weighted by Crippen LogP contribution is -1.69. The number of hydrogen-bond donors (Lipinski definition) is 0. The molecule has 0 aromatic carbocycles. The van der Waals surface area contributed by atoms with Gasteiger partial charge < -0.3 is 0 Å². The van der Waals surface area contributed by atoms with Crippen LogP contribution in [0.2, 0.25) is 0 Å². The molecule has 0 nitrogen and oxygen atoms in total. The van der Waals surface area contributed by atoms with Gasteiger partial charge in [-0.15, -0.1) is 11.6 Å². The summed E-state index contributed by atoms with van der Waals surface area (Å²) in [7, 11) is 0. The highest BCUT2D eigenvalue weighted by atomic mass is 35.6. The molecule has 0 bridgehead atoms. The highest BCUT2D eigenvalue weighted by Gasteiger charge is 1.92. The molecule has 0 N–H and O–H groups in total. The van der Waals surface area contributed by atoms with Crippen LogP contribution in [0.25, 0.3) is 0 Å². The van der Waals surface area contributed by atoms with Gasteiger partial charge in [0.15, 0.2) is 4.30 Å². The molecule has 7 heteroatoms. The first-order chi connectivity index (χ1) is 4.91. The van der Waals surface area contributed by atoms with Crippen LogP contribution in [0.3, 0.4) is 0 Å². The van der Waals surface area contributed by atoms with Crippen molar-refractivity contribution in [1.82, 2.24) is 0 Å². The predicted octanol–water partition coefficient (Wildman–Crippen LogP) is 5.10. The molecule has 0 unspecified atom stereocenters. The van der Waals surface area contributed by atoms with Crippen LogP contribution in [0.1, 0.15) is 0 Å². The van der Waals surface area contributed by atoms with E-state index in [-0.39, 0.29) is 15.4 Å². The molecule has 0 rings (SSSR count). The SMILES string of the molecule is ClC(Cl)Cl.ClCC(Cl)=C(Cl)Cl. The smallest absolute Gasteiger partial charge is 0.120 e. The Morgan fingerprint density at radius 3 is 1.27 bits per heavy atom. The molecule has 0 aromatic heterocycles. The maximum Gasteiger partial charge on any atom is 0.180 e. The van der Waals surface area contributed by atoms with Gasteiger partial charge in [0.2, 0.25) is 0 Å². The van der Waals surface area contributed by atoms with E-state index in [0.717, 1.165) is 0 Å². The minimum Gasteiger partial charge on any atom is -0.120 e. The fraction of sp³-hybridized carbons (Fsp3) is 0.500. The fourth-order valence-electron chi connectivity index (χ4n) is 0.0505. The first-order valence-electron chi connectivity index (χ1n) is 2.09. The van der Waals surface area contributed by atoms with Crippen molar-refractivity contribution in [2.24, 2.45) is 0 Å². The maximum atomic E-state index is 5.28. The minimum absolute atomic E-state index is 0.0386. The van der Waals surface area contributed by atoms with E-state index < -0.39 is 4.30 Å². The molecular weight excluding hydrogens is 296 g/mol. The normalized spacial score (nSPS) is 8.73. The molecule has 0 aliphatic heterocycles. The van der Waals surface area contributed by atoms with Gasteiger partial charge in [-0.05, 0) is 0 Å². The molecule has 0 aliphatic rings. The van der Waals surface area contributed by atoms with Crippen molar-refractivity contribution in [3.63, 3.8) is 0 Å². The van der Waals surface area contributed by atoms with E-state index in [0.29, 0.717) is 0 Å². The molecule has 0 amide bonds. The lowest BCUT2D eigenvalue weighted by Gasteiger charge is -1.85. The topological polar surface area (TPSA) is 0 Å². The molecule has 0 fully saturated rings. The first kappa shape index (κ1) is 15.3. The lowest BCUT2D eigenvalue weighted by molar-refractivity contribution is 1.69. The second-order valence-electron chi connectivity index (χ2n) is 1.05. The van der Waals surface area contributed by atoms with Crippen molar-refractivity contribution in [3.8, 4) is 0 Å². The molecular formula is C4H3Cl7. The Labute approximate surface area is 100 Å². The number of rotatable bonds is 1. The molecule has 0 radical (unpaired) electrons. The second kappa shape index (κ2) is 9.85. The van der Waals surface area contributed by atoms with Crippen LogP contribution in [0.4, 0.5) is 0 Å². The van der Waals surface area contributed by atoms with Gasteiger partial charge in [0.25, 0.3) is 0 Å². The van der Waals surface area contributed by atoms with Crippen LogP contribution in [-0.2, 0) is 0 Å². The quantitative estimate of drug-likeness (QED) is 0.591. The molecule has 0 saturated heterocycles. The standard InChI is InChI=1S/C3H2Cl4.CHCl3/c4-1-2(5)3(6)7;2-1(3)4/h1H2;1H. The van der Waals surface area contributed by atoms with Crippen LogP contribution < -0.4 is 0 Å². The average molecular weight is 299 g/mol. The Kier molecular flexibility index (Phi) is 13.7. The van der Waals surface area contributed by atoms with Gasteiger partial charge in [-0.2, -0.15) is 0 Å². The Hall–Kier alpha value is 1.77. The highest BCUT2D eigenvalue weighted by molar-refractivity contribution is 6.63. The van der Waals surface area contributed by atoms with Crippen LogP contribution in [0.5, 0.6) is 0 Å². The summed E-state index contributed by atoms with van der Waals surface area (Å²) in [6.07, 6.45) is 0. The van der Waals surface area contributed by atoms with Gasteiger partial charge in [0, 0.05) is 0 Å². The van der Waals surface area contributed by atoms with Gasteiger partial charge in [0.1, 0.15) is 4.49 Å². The third kappa shape index (κ3) is 18.6. The molecule has 68 valence electrons. The molecule has 0 atom stereocenters. The summed E-state index contributed by atoms with van der Waals surface area (Å²) in [4.78, 5) is 0. The van der Waals surface area contributed by atoms with E-state index in [2.05, 4.69) is 0 Å². The summed E-state index contributed by atoms with van der Waals surface area (Å²) >= 11 is 35.2. The monoisotopic (exact) mass is 296 g/mol. The maximum absolute atomic E-state index is 5.28. The number of allylic oxidation sites excluding steroid dienone is 1. The number of hydrogen-bond acceptors (Lipinski definition) is 0. The Balaban J connectivity index is 0. The summed E-state index contributed by atoms with van der Waals surface area (Å²) in [5, 5.41) is 0.282. The predicted molar refractivity (Wildman–Crippen MR) is 56.7 cm³/mol. The van der Waals surface area contributed by atoms with E-state index in [9.17, 15) is 0 Å². The third-order valence-electron chi connectivity index (χ3n) is 0.322. The van der Waals surface area contributed by atoms with Crippen molar-refractivity contribution in [3.05, 3.63) is 9.52 Å². The zero-order valence-corrected chi connectivity index (χ0v) is 10.2. The zero-order chi connectivity index (χ0) is 9.44. The fourth-order valence-corrected chi connectivity index (χ4v) is 0.455. The van der Waals surface area contributed by atoms with Crippen molar-refractivity contribution >= 4 is 81.2 Å². The van der Waals surface area contributed by atoms with Crippen molar-refractivity contribution < 1.29 is 0 Å². The average Bonchev–Trinajstić information content (AvgIpc) is 1.85. The Morgan fingerprint density at radius 2 is 1.27 bits per heavy atom. The molecule has 0 spiro atoms. The van der Waals surface area contributed by atoms with Crippen LogP contribution >= 0.6 is 81.2 Å². The third-order valence-corrected chi connectivity index (χ3v) is 1.70. The summed E-state index contributed by atoms with van der Waals surface area (Å²) in [6.45, 7) is 0. The van der Waals surface area contributed by atoms with Crippen molar-refractivity contribution in [1.29, 1.82) is 0 Å². The highest BCUT2D eigenvalue weighted by Crippen LogP contribution is 2.17. The second-order valence-corrected chi connectivity index (χ2v) is 4.70. The number of halogens is 7. The van der Waals surface area contributed by atoms with Gasteiger partial charge in [-0.1, -0.05) is 69.6 Å². The minimum atomic E-state index is -0.750. The van der Waals surface area contributed by atoms with Gasteiger partial charge in [0.05, 0.1) is 10.9 Å². The van der Waals surface area contributed by atoms with Crippen LogP contribution in [0, 0.1) is 0 Å². The molecule has 11 heavy (non-hydrogen) atoms. The summed E-state index contributed by atoms with van der Waals surface area (Å²) in [6, 6.07) is 0. The van der Waals surface area contributed by atoms with Crippen LogP contribution in [0.15, 0.2) is 9.52 Å². The molecule has 0 aromatic rings. The Bertz CT molecular complexity index is 111. The summed E-state index contributed by atoms with van der Waals surface area (Å²) in [5.74, 6) is 0.171. The number of alkyl halides is 4. The summed E-state index contributed by atoms with van der Waals surface area (Å²) < 4.78 is -0.711. The van der Waals surface area contributed by atoms with E-state index in [4.69, 9.17) is 81.2 Å². The van der Waals surface area contributed by atoms with Gasteiger partial charge in [-0.3, -0.25) is 0 Å². The van der Waals surface area contributed by atoms with E-state index >= 15 is 0 Å². The molecule has 0 heterocycles. The van der Waals surface area contributed by atoms with Crippen molar-refractivity contribution in [2.75, 3.05) is 5.88 Å². The lowest BCUT2D eigenvalue weighted by atomic mass is 10.7. The van der Waals surface area contributed by atoms with E-state index in [1.807, 2.05) is 0 Å². The zero-order valence-electron chi connectivity index (χ0n) is 4.93.